The predicted octanol–water partition coefficient (Wildman–Crippen LogP) is 3.68. The van der Waals surface area contributed by atoms with E-state index in [4.69, 9.17) is 19.7 Å². The summed E-state index contributed by atoms with van der Waals surface area (Å²) in [6.07, 6.45) is 5.94. The highest BCUT2D eigenvalue weighted by Crippen LogP contribution is 2.10. The molecule has 29 heavy (non-hydrogen) atoms. The molecule has 1 heterocycles. The van der Waals surface area contributed by atoms with E-state index in [1.165, 1.54) is 6.07 Å². The lowest BCUT2D eigenvalue weighted by molar-refractivity contribution is -0.138. The molecule has 160 valence electrons. The van der Waals surface area contributed by atoms with E-state index in [1.807, 2.05) is 0 Å². The number of rotatable bonds is 8. The van der Waals surface area contributed by atoms with E-state index in [1.54, 1.807) is 18.2 Å². The number of carbonyl (C=O) groups is 4. The average Bonchev–Trinajstić information content (AvgIpc) is 2.70. The summed E-state index contributed by atoms with van der Waals surface area (Å²) in [6.45, 7) is 0.723. The Kier molecular flexibility index (Phi) is 11.8. The molecule has 8 nitrogen and oxygen atoms in total. The summed E-state index contributed by atoms with van der Waals surface area (Å²) in [4.78, 5) is 43.3. The van der Waals surface area contributed by atoms with Crippen molar-refractivity contribution in [2.45, 2.75) is 57.8 Å². The fourth-order valence-electron chi connectivity index (χ4n) is 2.56. The SMILES string of the molecule is O=C(O)CCCCCCCC(=O)O.O=C1OCCCCOC(=O)c2cccc1c2. The molecule has 0 amide bonds. The molecular formula is C21H28O8. The third-order valence-corrected chi connectivity index (χ3v) is 4.12. The number of benzene rings is 1. The number of cyclic esters (lactones) is 2. The van der Waals surface area contributed by atoms with E-state index in [2.05, 4.69) is 0 Å². The van der Waals surface area contributed by atoms with Gasteiger partial charge in [0.1, 0.15) is 0 Å². The maximum atomic E-state index is 11.5. The Morgan fingerprint density at radius 1 is 0.759 bits per heavy atom. The normalized spacial score (nSPS) is 13.8. The van der Waals surface area contributed by atoms with Crippen molar-refractivity contribution in [3.63, 3.8) is 0 Å². The van der Waals surface area contributed by atoms with Gasteiger partial charge in [0, 0.05) is 12.8 Å². The van der Waals surface area contributed by atoms with Crippen molar-refractivity contribution in [2.24, 2.45) is 0 Å². The van der Waals surface area contributed by atoms with Crippen LogP contribution < -0.4 is 0 Å². The third-order valence-electron chi connectivity index (χ3n) is 4.12. The number of aliphatic carboxylic acids is 2. The molecule has 0 saturated heterocycles. The number of esters is 2. The molecule has 0 aromatic heterocycles. The van der Waals surface area contributed by atoms with Crippen molar-refractivity contribution >= 4 is 23.9 Å². The number of carbonyl (C=O) groups excluding carboxylic acids is 2. The minimum Gasteiger partial charge on any atom is -0.481 e. The summed E-state index contributed by atoms with van der Waals surface area (Å²) >= 11 is 0. The molecule has 0 radical (unpaired) electrons. The Labute approximate surface area is 169 Å². The van der Waals surface area contributed by atoms with Gasteiger partial charge in [0.2, 0.25) is 0 Å². The number of carboxylic acids is 2. The van der Waals surface area contributed by atoms with E-state index >= 15 is 0 Å². The molecule has 1 aromatic carbocycles. The molecule has 0 atom stereocenters. The van der Waals surface area contributed by atoms with Crippen LogP contribution in [0.25, 0.3) is 0 Å². The van der Waals surface area contributed by atoms with Gasteiger partial charge >= 0.3 is 23.9 Å². The van der Waals surface area contributed by atoms with Gasteiger partial charge in [-0.15, -0.1) is 0 Å². The van der Waals surface area contributed by atoms with Crippen molar-refractivity contribution in [2.75, 3.05) is 13.2 Å². The zero-order valence-electron chi connectivity index (χ0n) is 16.4. The van der Waals surface area contributed by atoms with Gasteiger partial charge in [0.05, 0.1) is 24.3 Å². The Hall–Kier alpha value is -2.90. The second-order valence-corrected chi connectivity index (χ2v) is 6.61. The van der Waals surface area contributed by atoms with Crippen LogP contribution in [0.15, 0.2) is 24.3 Å². The molecule has 1 aliphatic rings. The van der Waals surface area contributed by atoms with Crippen LogP contribution in [0, 0.1) is 0 Å². The molecule has 1 aromatic rings. The second-order valence-electron chi connectivity index (χ2n) is 6.61. The number of fused-ring (bicyclic) bond motifs is 2. The first-order valence-electron chi connectivity index (χ1n) is 9.78. The lowest BCUT2D eigenvalue weighted by Gasteiger charge is -2.03. The summed E-state index contributed by atoms with van der Waals surface area (Å²) in [5, 5.41) is 16.6. The molecule has 2 bridgehead atoms. The van der Waals surface area contributed by atoms with Crippen molar-refractivity contribution in [1.29, 1.82) is 0 Å². The number of unbranched alkanes of at least 4 members (excludes halogenated alkanes) is 4. The summed E-state index contributed by atoms with van der Waals surface area (Å²) in [5.74, 6) is -2.30. The molecule has 2 rings (SSSR count). The minimum absolute atomic E-state index is 0.221. The van der Waals surface area contributed by atoms with Crippen LogP contribution in [0.2, 0.25) is 0 Å². The smallest absolute Gasteiger partial charge is 0.338 e. The fraction of sp³-hybridized carbons (Fsp3) is 0.524. The van der Waals surface area contributed by atoms with Gasteiger partial charge in [-0.1, -0.05) is 25.3 Å². The van der Waals surface area contributed by atoms with Gasteiger partial charge in [-0.05, 0) is 43.9 Å². The van der Waals surface area contributed by atoms with Gasteiger partial charge in [-0.3, -0.25) is 9.59 Å². The van der Waals surface area contributed by atoms with Crippen molar-refractivity contribution in [3.05, 3.63) is 35.4 Å². The highest BCUT2D eigenvalue weighted by Gasteiger charge is 2.13. The number of ether oxygens (including phenoxy) is 2. The second kappa shape index (κ2) is 14.1. The Balaban J connectivity index is 0.000000298. The monoisotopic (exact) mass is 408 g/mol. The number of hydrogen-bond acceptors (Lipinski definition) is 6. The molecule has 0 spiro atoms. The maximum Gasteiger partial charge on any atom is 0.338 e. The topological polar surface area (TPSA) is 127 Å². The molecule has 1 aliphatic heterocycles. The van der Waals surface area contributed by atoms with Crippen LogP contribution in [0.4, 0.5) is 0 Å². The lowest BCUT2D eigenvalue weighted by atomic mass is 10.1. The number of carboxylic acid groups (broad SMARTS) is 2. The molecule has 0 aliphatic carbocycles. The molecule has 0 unspecified atom stereocenters. The van der Waals surface area contributed by atoms with E-state index in [-0.39, 0.29) is 12.8 Å². The molecule has 0 fully saturated rings. The predicted molar refractivity (Wildman–Crippen MR) is 104 cm³/mol. The first-order chi connectivity index (χ1) is 13.9. The fourth-order valence-corrected chi connectivity index (χ4v) is 2.56. The highest BCUT2D eigenvalue weighted by molar-refractivity contribution is 5.95. The summed E-state index contributed by atoms with van der Waals surface area (Å²) < 4.78 is 10.1. The third kappa shape index (κ3) is 11.5. The largest absolute Gasteiger partial charge is 0.481 e. The summed E-state index contributed by atoms with van der Waals surface area (Å²) in [6, 6.07) is 6.38. The van der Waals surface area contributed by atoms with E-state index < -0.39 is 23.9 Å². The number of hydrogen-bond donors (Lipinski definition) is 2. The van der Waals surface area contributed by atoms with Crippen molar-refractivity contribution in [1.82, 2.24) is 0 Å². The van der Waals surface area contributed by atoms with E-state index in [0.29, 0.717) is 50.0 Å². The van der Waals surface area contributed by atoms with Crippen molar-refractivity contribution in [3.8, 4) is 0 Å². The Morgan fingerprint density at radius 3 is 1.59 bits per heavy atom. The van der Waals surface area contributed by atoms with E-state index in [9.17, 15) is 19.2 Å². The zero-order valence-corrected chi connectivity index (χ0v) is 16.4. The Morgan fingerprint density at radius 2 is 1.17 bits per heavy atom. The first kappa shape index (κ1) is 24.1. The van der Waals surface area contributed by atoms with Crippen LogP contribution >= 0.6 is 0 Å². The van der Waals surface area contributed by atoms with Gasteiger partial charge in [-0.2, -0.15) is 0 Å². The van der Waals surface area contributed by atoms with Gasteiger partial charge in [0.15, 0.2) is 0 Å². The van der Waals surface area contributed by atoms with E-state index in [0.717, 1.165) is 19.3 Å². The summed E-state index contributed by atoms with van der Waals surface area (Å²) in [7, 11) is 0. The van der Waals surface area contributed by atoms with Crippen LogP contribution in [-0.4, -0.2) is 47.3 Å². The van der Waals surface area contributed by atoms with Crippen LogP contribution in [0.1, 0.15) is 78.5 Å². The van der Waals surface area contributed by atoms with Crippen molar-refractivity contribution < 1.29 is 38.9 Å². The molecule has 8 heteroatoms. The minimum atomic E-state index is -0.759. The standard InChI is InChI=1S/C12H12O4.C9H16O4/c13-11-9-4-3-5-10(8-9)12(14)16-7-2-1-6-15-11;10-8(11)6-4-2-1-3-5-7-9(12)13/h3-5,8H,1-2,6-7H2;1-7H2,(H,10,11)(H,12,13). The van der Waals surface area contributed by atoms with Gasteiger partial charge < -0.3 is 19.7 Å². The summed E-state index contributed by atoms with van der Waals surface area (Å²) in [5.41, 5.74) is 0.771. The molecule has 0 saturated carbocycles. The van der Waals surface area contributed by atoms with Crippen LogP contribution in [0.5, 0.6) is 0 Å². The molecule has 2 N–H and O–H groups in total. The first-order valence-corrected chi connectivity index (χ1v) is 9.78. The van der Waals surface area contributed by atoms with Crippen LogP contribution in [-0.2, 0) is 19.1 Å². The lowest BCUT2D eigenvalue weighted by Crippen LogP contribution is -2.07. The van der Waals surface area contributed by atoms with Crippen LogP contribution in [0.3, 0.4) is 0 Å². The Bertz CT molecular complexity index is 630. The van der Waals surface area contributed by atoms with Gasteiger partial charge in [0.25, 0.3) is 0 Å². The quantitative estimate of drug-likeness (QED) is 0.492. The maximum absolute atomic E-state index is 11.5. The molecular weight excluding hydrogens is 380 g/mol. The van der Waals surface area contributed by atoms with Gasteiger partial charge in [-0.25, -0.2) is 9.59 Å². The highest BCUT2D eigenvalue weighted by atomic mass is 16.5. The average molecular weight is 408 g/mol. The zero-order chi connectivity index (χ0) is 21.5.